The monoisotopic (exact) mass is 444 g/mol. The van der Waals surface area contributed by atoms with Gasteiger partial charge < -0.3 is 4.74 Å². The fraction of sp³-hybridized carbons (Fsp3) is 0.333. The molecule has 0 aliphatic carbocycles. The third-order valence-electron chi connectivity index (χ3n) is 3.40. The molecule has 0 saturated carbocycles. The first-order chi connectivity index (χ1) is 10.7. The molecule has 0 N–H and O–H groups in total. The van der Waals surface area contributed by atoms with Crippen LogP contribution < -0.4 is 4.74 Å². The lowest BCUT2D eigenvalue weighted by Crippen LogP contribution is -1.99. The van der Waals surface area contributed by atoms with E-state index in [4.69, 9.17) is 16.3 Å². The quantitative estimate of drug-likeness (QED) is 0.312. The molecule has 0 spiro atoms. The van der Waals surface area contributed by atoms with Gasteiger partial charge in [0.25, 0.3) is 0 Å². The molecule has 0 radical (unpaired) electrons. The van der Waals surface area contributed by atoms with E-state index in [9.17, 15) is 0 Å². The molecule has 0 bridgehead atoms. The Bertz CT molecular complexity index is 581. The Morgan fingerprint density at radius 3 is 2.23 bits per heavy atom. The lowest BCUT2D eigenvalue weighted by atomic mass is 10.0. The van der Waals surface area contributed by atoms with Crippen molar-refractivity contribution in [2.75, 3.05) is 12.5 Å². The molecule has 0 atom stereocenters. The summed E-state index contributed by atoms with van der Waals surface area (Å²) < 4.78 is 8.12. The maximum atomic E-state index is 6.01. The highest BCUT2D eigenvalue weighted by atomic mass is 79.9. The minimum absolute atomic E-state index is 0.737. The Labute approximate surface area is 154 Å². The highest BCUT2D eigenvalue weighted by Gasteiger charge is 2.12. The molecule has 118 valence electrons. The Hall–Kier alpha value is -0.510. The number of unbranched alkanes of at least 4 members (excludes halogenated alkanes) is 3. The Morgan fingerprint density at radius 2 is 1.50 bits per heavy atom. The molecule has 0 aromatic heterocycles. The van der Waals surface area contributed by atoms with Crippen molar-refractivity contribution in [2.45, 2.75) is 25.7 Å². The predicted molar refractivity (Wildman–Crippen MR) is 102 cm³/mol. The third kappa shape index (κ3) is 5.00. The van der Waals surface area contributed by atoms with Gasteiger partial charge in [0.05, 0.1) is 6.61 Å². The minimum atomic E-state index is 0.737. The summed E-state index contributed by atoms with van der Waals surface area (Å²) in [5.74, 6) is 1.67. The number of benzene rings is 2. The van der Waals surface area contributed by atoms with Gasteiger partial charge in [0, 0.05) is 26.0 Å². The number of halogens is 3. The van der Waals surface area contributed by atoms with E-state index in [1.54, 1.807) is 0 Å². The molecule has 2 aromatic carbocycles. The molecule has 22 heavy (non-hydrogen) atoms. The van der Waals surface area contributed by atoms with Crippen molar-refractivity contribution in [2.24, 2.45) is 0 Å². The van der Waals surface area contributed by atoms with Gasteiger partial charge in [-0.3, -0.25) is 0 Å². The van der Waals surface area contributed by atoms with Crippen LogP contribution >= 0.6 is 43.5 Å². The molecule has 0 amide bonds. The summed E-state index contributed by atoms with van der Waals surface area (Å²) in [4.78, 5) is 0. The van der Waals surface area contributed by atoms with E-state index < -0.39 is 0 Å². The molecular formula is C18H19Br2ClO. The molecule has 0 aliphatic rings. The average Bonchev–Trinajstić information content (AvgIpc) is 2.52. The molecule has 1 nitrogen and oxygen atoms in total. The molecule has 0 unspecified atom stereocenters. The van der Waals surface area contributed by atoms with Crippen molar-refractivity contribution in [1.82, 2.24) is 0 Å². The number of hydrogen-bond donors (Lipinski definition) is 0. The second-order valence-electron chi connectivity index (χ2n) is 5.04. The first-order valence-electron chi connectivity index (χ1n) is 7.46. The number of ether oxygens (including phenoxy) is 1. The molecule has 4 heteroatoms. The van der Waals surface area contributed by atoms with Gasteiger partial charge in [0.15, 0.2) is 0 Å². The second-order valence-corrected chi connectivity index (χ2v) is 7.13. The van der Waals surface area contributed by atoms with Gasteiger partial charge in [0.1, 0.15) is 5.75 Å². The third-order valence-corrected chi connectivity index (χ3v) is 4.99. The van der Waals surface area contributed by atoms with Gasteiger partial charge in [-0.2, -0.15) is 0 Å². The summed E-state index contributed by atoms with van der Waals surface area (Å²) in [5, 5.41) is 0. The van der Waals surface area contributed by atoms with Crippen molar-refractivity contribution in [3.05, 3.63) is 51.4 Å². The van der Waals surface area contributed by atoms with E-state index in [2.05, 4.69) is 37.9 Å². The van der Waals surface area contributed by atoms with Crippen LogP contribution in [0.2, 0.25) is 0 Å². The zero-order valence-electron chi connectivity index (χ0n) is 12.3. The summed E-state index contributed by atoms with van der Waals surface area (Å²) in [6.07, 6.45) is 4.47. The molecular weight excluding hydrogens is 427 g/mol. The van der Waals surface area contributed by atoms with E-state index >= 15 is 0 Å². The van der Waals surface area contributed by atoms with Gasteiger partial charge >= 0.3 is 0 Å². The number of alkyl halides is 1. The summed E-state index contributed by atoms with van der Waals surface area (Å²) in [6.45, 7) is 0.737. The fourth-order valence-electron chi connectivity index (χ4n) is 2.29. The predicted octanol–water partition coefficient (Wildman–Crippen LogP) is 7.06. The Morgan fingerprint density at radius 1 is 0.818 bits per heavy atom. The van der Waals surface area contributed by atoms with Crippen LogP contribution in [0.4, 0.5) is 0 Å². The van der Waals surface area contributed by atoms with Crippen molar-refractivity contribution in [1.29, 1.82) is 0 Å². The smallest absolute Gasteiger partial charge is 0.127 e. The van der Waals surface area contributed by atoms with E-state index in [-0.39, 0.29) is 0 Å². The van der Waals surface area contributed by atoms with E-state index in [1.165, 1.54) is 6.42 Å². The Balaban J connectivity index is 2.07. The number of rotatable bonds is 8. The summed E-state index contributed by atoms with van der Waals surface area (Å²) in [7, 11) is 0. The van der Waals surface area contributed by atoms with Crippen LogP contribution in [0.5, 0.6) is 5.75 Å². The highest BCUT2D eigenvalue weighted by molar-refractivity contribution is 9.11. The lowest BCUT2D eigenvalue weighted by Gasteiger charge is -2.14. The molecule has 0 saturated heterocycles. The topological polar surface area (TPSA) is 9.23 Å². The SMILES string of the molecule is ClCCCCCCOc1ccccc1-c1c(Br)cccc1Br. The van der Waals surface area contributed by atoms with Gasteiger partial charge in [-0.1, -0.05) is 69.0 Å². The molecule has 0 aliphatic heterocycles. The molecule has 2 rings (SSSR count). The van der Waals surface area contributed by atoms with E-state index in [1.807, 2.05) is 36.4 Å². The van der Waals surface area contributed by atoms with Gasteiger partial charge in [-0.15, -0.1) is 11.6 Å². The van der Waals surface area contributed by atoms with Crippen molar-refractivity contribution >= 4 is 43.5 Å². The van der Waals surface area contributed by atoms with Gasteiger partial charge in [-0.25, -0.2) is 0 Å². The summed E-state index contributed by atoms with van der Waals surface area (Å²) in [6, 6.07) is 14.3. The Kier molecular flexibility index (Phi) is 7.77. The summed E-state index contributed by atoms with van der Waals surface area (Å²) in [5.41, 5.74) is 2.22. The average molecular weight is 447 g/mol. The van der Waals surface area contributed by atoms with Crippen LogP contribution in [0.1, 0.15) is 25.7 Å². The normalized spacial score (nSPS) is 10.7. The summed E-state index contributed by atoms with van der Waals surface area (Å²) >= 11 is 12.9. The number of hydrogen-bond acceptors (Lipinski definition) is 1. The van der Waals surface area contributed by atoms with E-state index in [0.29, 0.717) is 0 Å². The van der Waals surface area contributed by atoms with Crippen LogP contribution in [0.25, 0.3) is 11.1 Å². The zero-order valence-corrected chi connectivity index (χ0v) is 16.3. The van der Waals surface area contributed by atoms with Crippen molar-refractivity contribution in [3.8, 4) is 16.9 Å². The van der Waals surface area contributed by atoms with E-state index in [0.717, 1.165) is 57.6 Å². The van der Waals surface area contributed by atoms with Gasteiger partial charge in [0.2, 0.25) is 0 Å². The number of para-hydroxylation sites is 1. The van der Waals surface area contributed by atoms with Crippen LogP contribution in [0.3, 0.4) is 0 Å². The minimum Gasteiger partial charge on any atom is -0.493 e. The highest BCUT2D eigenvalue weighted by Crippen LogP contribution is 2.39. The fourth-order valence-corrected chi connectivity index (χ4v) is 3.90. The maximum Gasteiger partial charge on any atom is 0.127 e. The van der Waals surface area contributed by atoms with Crippen LogP contribution in [-0.4, -0.2) is 12.5 Å². The molecule has 0 heterocycles. The van der Waals surface area contributed by atoms with Crippen LogP contribution in [-0.2, 0) is 0 Å². The maximum absolute atomic E-state index is 6.01. The standard InChI is InChI=1S/C18H19Br2ClO/c19-15-9-7-10-16(20)18(15)14-8-3-4-11-17(14)22-13-6-2-1-5-12-21/h3-4,7-11H,1-2,5-6,12-13H2. The zero-order chi connectivity index (χ0) is 15.8. The molecule has 2 aromatic rings. The second kappa shape index (κ2) is 9.59. The lowest BCUT2D eigenvalue weighted by molar-refractivity contribution is 0.306. The van der Waals surface area contributed by atoms with Crippen molar-refractivity contribution < 1.29 is 4.74 Å². The van der Waals surface area contributed by atoms with Gasteiger partial charge in [-0.05, 0) is 31.0 Å². The van der Waals surface area contributed by atoms with Crippen molar-refractivity contribution in [3.63, 3.8) is 0 Å². The van der Waals surface area contributed by atoms with Crippen LogP contribution in [0.15, 0.2) is 51.4 Å². The molecule has 0 fully saturated rings. The first kappa shape index (κ1) is 17.8. The first-order valence-corrected chi connectivity index (χ1v) is 9.58. The largest absolute Gasteiger partial charge is 0.493 e. The van der Waals surface area contributed by atoms with Crippen LogP contribution in [0, 0.1) is 0 Å².